The van der Waals surface area contributed by atoms with Gasteiger partial charge in [0.05, 0.1) is 5.54 Å². The molecule has 4 nitrogen and oxygen atoms in total. The van der Waals surface area contributed by atoms with Crippen LogP contribution in [-0.2, 0) is 4.79 Å². The summed E-state index contributed by atoms with van der Waals surface area (Å²) >= 11 is 0. The molecule has 0 spiro atoms. The Kier molecular flexibility index (Phi) is 7.14. The van der Waals surface area contributed by atoms with E-state index < -0.39 is 5.54 Å². The summed E-state index contributed by atoms with van der Waals surface area (Å²) in [7, 11) is 0. The lowest BCUT2D eigenvalue weighted by Gasteiger charge is -2.43. The number of carbonyl (C=O) groups is 1. The number of nitrogens with zero attached hydrogens (tertiary/aromatic N) is 1. The molecule has 0 saturated carbocycles. The van der Waals surface area contributed by atoms with Crippen LogP contribution in [0.15, 0.2) is 0 Å². The summed E-state index contributed by atoms with van der Waals surface area (Å²) in [5.41, 5.74) is 5.05. The molecule has 4 heteroatoms. The maximum Gasteiger partial charge on any atom is 0.237 e. The first kappa shape index (κ1) is 18.4. The van der Waals surface area contributed by atoms with Crippen LogP contribution < -0.4 is 11.1 Å². The molecular weight excluding hydrogens is 262 g/mol. The maximum atomic E-state index is 11.9. The van der Waals surface area contributed by atoms with Gasteiger partial charge in [-0.3, -0.25) is 9.69 Å². The molecule has 1 fully saturated rings. The molecule has 0 aromatic carbocycles. The van der Waals surface area contributed by atoms with Crippen molar-refractivity contribution in [3.63, 3.8) is 0 Å². The van der Waals surface area contributed by atoms with Crippen LogP contribution in [0.4, 0.5) is 0 Å². The van der Waals surface area contributed by atoms with Gasteiger partial charge >= 0.3 is 0 Å². The van der Waals surface area contributed by atoms with Gasteiger partial charge in [-0.05, 0) is 59.9 Å². The highest BCUT2D eigenvalue weighted by Gasteiger charge is 2.36. The Morgan fingerprint density at radius 2 is 2.05 bits per heavy atom. The first-order valence-electron chi connectivity index (χ1n) is 8.63. The molecule has 0 aromatic rings. The van der Waals surface area contributed by atoms with Crippen molar-refractivity contribution in [2.45, 2.75) is 96.8 Å². The van der Waals surface area contributed by atoms with Crippen LogP contribution in [0.25, 0.3) is 0 Å². The second-order valence-corrected chi connectivity index (χ2v) is 7.22. The molecule has 1 heterocycles. The van der Waals surface area contributed by atoms with Gasteiger partial charge in [-0.25, -0.2) is 0 Å². The zero-order chi connectivity index (χ0) is 16.0. The Morgan fingerprint density at radius 1 is 1.38 bits per heavy atom. The number of amides is 1. The lowest BCUT2D eigenvalue weighted by molar-refractivity contribution is -0.125. The minimum atomic E-state index is -0.623. The van der Waals surface area contributed by atoms with E-state index in [1.54, 1.807) is 0 Å². The van der Waals surface area contributed by atoms with Gasteiger partial charge in [-0.2, -0.15) is 0 Å². The Balaban J connectivity index is 2.75. The Labute approximate surface area is 130 Å². The highest BCUT2D eigenvalue weighted by molar-refractivity contribution is 5.84. The minimum absolute atomic E-state index is 0.243. The normalized spacial score (nSPS) is 24.8. The van der Waals surface area contributed by atoms with Gasteiger partial charge < -0.3 is 11.1 Å². The second kappa shape index (κ2) is 8.14. The standard InChI is InChI=1S/C17H35N3O/c1-6-9-15-10-7-8-11-20(15)14(4)12-17(5,16(18)21)19-13(2)3/h13-15,19H,6-12H2,1-5H3,(H2,18,21). The van der Waals surface area contributed by atoms with E-state index in [-0.39, 0.29) is 11.9 Å². The van der Waals surface area contributed by atoms with E-state index in [0.29, 0.717) is 12.1 Å². The smallest absolute Gasteiger partial charge is 0.237 e. The zero-order valence-electron chi connectivity index (χ0n) is 14.6. The Hall–Kier alpha value is -0.610. The number of rotatable bonds is 8. The summed E-state index contributed by atoms with van der Waals surface area (Å²) < 4.78 is 0. The first-order valence-corrected chi connectivity index (χ1v) is 8.63. The van der Waals surface area contributed by atoms with Crippen molar-refractivity contribution in [2.75, 3.05) is 6.54 Å². The number of nitrogens with one attached hydrogen (secondary N) is 1. The van der Waals surface area contributed by atoms with Crippen molar-refractivity contribution in [2.24, 2.45) is 5.73 Å². The van der Waals surface area contributed by atoms with Crippen molar-refractivity contribution in [1.29, 1.82) is 0 Å². The molecule has 3 unspecified atom stereocenters. The number of hydrogen-bond donors (Lipinski definition) is 2. The molecular formula is C17H35N3O. The van der Waals surface area contributed by atoms with Crippen LogP contribution in [0.2, 0.25) is 0 Å². The molecule has 3 N–H and O–H groups in total. The number of carbonyl (C=O) groups excluding carboxylic acids is 1. The van der Waals surface area contributed by atoms with E-state index >= 15 is 0 Å². The van der Waals surface area contributed by atoms with E-state index in [0.717, 1.165) is 13.0 Å². The van der Waals surface area contributed by atoms with Crippen LogP contribution in [0.3, 0.4) is 0 Å². The van der Waals surface area contributed by atoms with Crippen molar-refractivity contribution >= 4 is 5.91 Å². The minimum Gasteiger partial charge on any atom is -0.368 e. The van der Waals surface area contributed by atoms with Gasteiger partial charge in [-0.15, -0.1) is 0 Å². The molecule has 1 aliphatic heterocycles. The van der Waals surface area contributed by atoms with Crippen LogP contribution in [-0.4, -0.2) is 41.0 Å². The van der Waals surface area contributed by atoms with E-state index in [2.05, 4.69) is 37.9 Å². The highest BCUT2D eigenvalue weighted by Crippen LogP contribution is 2.26. The molecule has 0 radical (unpaired) electrons. The SMILES string of the molecule is CCCC1CCCCN1C(C)CC(C)(NC(C)C)C(N)=O. The summed E-state index contributed by atoms with van der Waals surface area (Å²) in [6.07, 6.45) is 7.17. The third kappa shape index (κ3) is 5.26. The van der Waals surface area contributed by atoms with E-state index in [1.165, 1.54) is 32.1 Å². The van der Waals surface area contributed by atoms with Gasteiger partial charge in [-0.1, -0.05) is 19.8 Å². The van der Waals surface area contributed by atoms with Crippen LogP contribution >= 0.6 is 0 Å². The molecule has 21 heavy (non-hydrogen) atoms. The summed E-state index contributed by atoms with van der Waals surface area (Å²) in [5.74, 6) is -0.243. The van der Waals surface area contributed by atoms with Crippen LogP contribution in [0.1, 0.15) is 73.1 Å². The van der Waals surface area contributed by atoms with Crippen LogP contribution in [0, 0.1) is 0 Å². The largest absolute Gasteiger partial charge is 0.368 e. The number of nitrogens with two attached hydrogens (primary N) is 1. The summed E-state index contributed by atoms with van der Waals surface area (Å²) in [4.78, 5) is 14.5. The Bertz CT molecular complexity index is 330. The van der Waals surface area contributed by atoms with Gasteiger partial charge in [0.15, 0.2) is 0 Å². The average molecular weight is 297 g/mol. The lowest BCUT2D eigenvalue weighted by Crippen LogP contribution is -2.59. The predicted molar refractivity (Wildman–Crippen MR) is 89.2 cm³/mol. The quantitative estimate of drug-likeness (QED) is 0.724. The van der Waals surface area contributed by atoms with Crippen molar-refractivity contribution in [1.82, 2.24) is 10.2 Å². The van der Waals surface area contributed by atoms with Crippen molar-refractivity contribution < 1.29 is 4.79 Å². The lowest BCUT2D eigenvalue weighted by atomic mass is 9.88. The number of hydrogen-bond acceptors (Lipinski definition) is 3. The number of likely N-dealkylation sites (tertiary alicyclic amines) is 1. The summed E-state index contributed by atoms with van der Waals surface area (Å²) in [6.45, 7) is 11.7. The molecule has 1 amide bonds. The average Bonchev–Trinajstić information content (AvgIpc) is 2.38. The van der Waals surface area contributed by atoms with E-state index in [4.69, 9.17) is 5.73 Å². The maximum absolute atomic E-state index is 11.9. The Morgan fingerprint density at radius 3 is 2.57 bits per heavy atom. The topological polar surface area (TPSA) is 58.4 Å². The molecule has 1 saturated heterocycles. The third-order valence-corrected chi connectivity index (χ3v) is 4.72. The second-order valence-electron chi connectivity index (χ2n) is 7.22. The zero-order valence-corrected chi connectivity index (χ0v) is 14.6. The van der Waals surface area contributed by atoms with Crippen molar-refractivity contribution in [3.05, 3.63) is 0 Å². The molecule has 1 aliphatic rings. The fourth-order valence-corrected chi connectivity index (χ4v) is 3.82. The summed E-state index contributed by atoms with van der Waals surface area (Å²) in [6, 6.07) is 1.31. The van der Waals surface area contributed by atoms with Crippen LogP contribution in [0.5, 0.6) is 0 Å². The fourth-order valence-electron chi connectivity index (χ4n) is 3.82. The third-order valence-electron chi connectivity index (χ3n) is 4.72. The van der Waals surface area contributed by atoms with Gasteiger partial charge in [0.2, 0.25) is 5.91 Å². The molecule has 3 atom stereocenters. The first-order chi connectivity index (χ1) is 9.80. The molecule has 0 bridgehead atoms. The summed E-state index contributed by atoms with van der Waals surface area (Å²) in [5, 5.41) is 3.37. The monoisotopic (exact) mass is 297 g/mol. The number of piperidine rings is 1. The molecule has 0 aromatic heterocycles. The van der Waals surface area contributed by atoms with Crippen molar-refractivity contribution in [3.8, 4) is 0 Å². The molecule has 0 aliphatic carbocycles. The predicted octanol–water partition coefficient (Wildman–Crippen LogP) is 2.66. The van der Waals surface area contributed by atoms with Gasteiger partial charge in [0.1, 0.15) is 0 Å². The van der Waals surface area contributed by atoms with Gasteiger partial charge in [0, 0.05) is 18.1 Å². The highest BCUT2D eigenvalue weighted by atomic mass is 16.1. The molecule has 124 valence electrons. The van der Waals surface area contributed by atoms with E-state index in [9.17, 15) is 4.79 Å². The fraction of sp³-hybridized carbons (Fsp3) is 0.941. The van der Waals surface area contributed by atoms with Gasteiger partial charge in [0.25, 0.3) is 0 Å². The van der Waals surface area contributed by atoms with E-state index in [1.807, 2.05) is 6.92 Å². The molecule has 1 rings (SSSR count). The number of primary amides is 1.